The van der Waals surface area contributed by atoms with Crippen LogP contribution in [-0.4, -0.2) is 16.9 Å². The molecule has 4 heteroatoms. The lowest BCUT2D eigenvalue weighted by Gasteiger charge is -2.09. The van der Waals surface area contributed by atoms with Gasteiger partial charge in [-0.25, -0.2) is 4.98 Å². The fourth-order valence-electron chi connectivity index (χ4n) is 1.02. The Morgan fingerprint density at radius 2 is 2.36 bits per heavy atom. The van der Waals surface area contributed by atoms with Crippen LogP contribution >= 0.6 is 0 Å². The van der Waals surface area contributed by atoms with Crippen LogP contribution in [0.1, 0.15) is 19.0 Å². The Labute approximate surface area is 83.5 Å². The number of carbonyl (C=O) groups is 1. The Morgan fingerprint density at radius 3 is 2.93 bits per heavy atom. The van der Waals surface area contributed by atoms with E-state index in [2.05, 4.69) is 10.3 Å². The second-order valence-corrected chi connectivity index (χ2v) is 3.17. The third kappa shape index (κ3) is 2.81. The molecular formula is C10H15N3O. The summed E-state index contributed by atoms with van der Waals surface area (Å²) in [6, 6.07) is 5.00. The van der Waals surface area contributed by atoms with Crippen molar-refractivity contribution in [1.82, 2.24) is 4.98 Å². The van der Waals surface area contributed by atoms with E-state index in [0.29, 0.717) is 12.2 Å². The van der Waals surface area contributed by atoms with E-state index in [1.807, 2.05) is 26.0 Å². The molecule has 0 aromatic carbocycles. The standard InChI is InChI=1S/C10H15N3O/c1-3-8(11)10(14)13-9-6-4-5-7(2)12-9/h4-6,8H,3,11H2,1-2H3,(H,12,13,14). The number of nitrogens with one attached hydrogen (secondary N) is 1. The summed E-state index contributed by atoms with van der Waals surface area (Å²) in [5.41, 5.74) is 6.43. The van der Waals surface area contributed by atoms with Gasteiger partial charge in [-0.15, -0.1) is 0 Å². The molecule has 0 saturated heterocycles. The summed E-state index contributed by atoms with van der Waals surface area (Å²) >= 11 is 0. The van der Waals surface area contributed by atoms with Crippen molar-refractivity contribution in [3.63, 3.8) is 0 Å². The average Bonchev–Trinajstić information content (AvgIpc) is 2.16. The number of hydrogen-bond acceptors (Lipinski definition) is 3. The van der Waals surface area contributed by atoms with Crippen molar-refractivity contribution in [2.75, 3.05) is 5.32 Å². The lowest BCUT2D eigenvalue weighted by atomic mass is 10.2. The average molecular weight is 193 g/mol. The Hall–Kier alpha value is -1.42. The molecule has 1 aromatic heterocycles. The van der Waals surface area contributed by atoms with E-state index in [-0.39, 0.29) is 5.91 Å². The fraction of sp³-hybridized carbons (Fsp3) is 0.400. The molecule has 4 nitrogen and oxygen atoms in total. The quantitative estimate of drug-likeness (QED) is 0.754. The molecule has 0 radical (unpaired) electrons. The first-order valence-electron chi connectivity index (χ1n) is 4.63. The van der Waals surface area contributed by atoms with Crippen LogP contribution in [-0.2, 0) is 4.79 Å². The first-order valence-corrected chi connectivity index (χ1v) is 4.63. The number of nitrogens with two attached hydrogens (primary N) is 1. The van der Waals surface area contributed by atoms with E-state index in [1.54, 1.807) is 6.07 Å². The number of amides is 1. The monoisotopic (exact) mass is 193 g/mol. The highest BCUT2D eigenvalue weighted by Gasteiger charge is 2.10. The minimum Gasteiger partial charge on any atom is -0.320 e. The van der Waals surface area contributed by atoms with Crippen LogP contribution in [0.25, 0.3) is 0 Å². The molecule has 0 bridgehead atoms. The van der Waals surface area contributed by atoms with E-state index in [1.165, 1.54) is 0 Å². The van der Waals surface area contributed by atoms with Gasteiger partial charge in [-0.3, -0.25) is 4.79 Å². The van der Waals surface area contributed by atoms with Gasteiger partial charge in [0.2, 0.25) is 5.91 Å². The summed E-state index contributed by atoms with van der Waals surface area (Å²) in [5, 5.41) is 2.66. The number of aromatic nitrogens is 1. The SMILES string of the molecule is CCC(N)C(=O)Nc1cccc(C)n1. The summed E-state index contributed by atoms with van der Waals surface area (Å²) in [4.78, 5) is 15.5. The van der Waals surface area contributed by atoms with Crippen LogP contribution in [0.4, 0.5) is 5.82 Å². The van der Waals surface area contributed by atoms with Gasteiger partial charge in [0.25, 0.3) is 0 Å². The number of hydrogen-bond donors (Lipinski definition) is 2. The second-order valence-electron chi connectivity index (χ2n) is 3.17. The molecule has 3 N–H and O–H groups in total. The highest BCUT2D eigenvalue weighted by atomic mass is 16.2. The van der Waals surface area contributed by atoms with Gasteiger partial charge in [0.05, 0.1) is 6.04 Å². The van der Waals surface area contributed by atoms with Crippen LogP contribution in [0, 0.1) is 6.92 Å². The number of anilines is 1. The summed E-state index contributed by atoms with van der Waals surface area (Å²) in [7, 11) is 0. The van der Waals surface area contributed by atoms with E-state index in [4.69, 9.17) is 5.73 Å². The highest BCUT2D eigenvalue weighted by Crippen LogP contribution is 2.04. The predicted octanol–water partition coefficient (Wildman–Crippen LogP) is 1.07. The molecule has 0 fully saturated rings. The molecule has 0 aliphatic carbocycles. The number of aryl methyl sites for hydroxylation is 1. The zero-order valence-electron chi connectivity index (χ0n) is 8.45. The first kappa shape index (κ1) is 10.7. The van der Waals surface area contributed by atoms with Gasteiger partial charge in [0.1, 0.15) is 5.82 Å². The molecule has 1 unspecified atom stereocenters. The maximum atomic E-state index is 11.4. The highest BCUT2D eigenvalue weighted by molar-refractivity contribution is 5.93. The summed E-state index contributed by atoms with van der Waals surface area (Å²) < 4.78 is 0. The van der Waals surface area contributed by atoms with Crippen molar-refractivity contribution < 1.29 is 4.79 Å². The van der Waals surface area contributed by atoms with Crippen LogP contribution in [0.15, 0.2) is 18.2 Å². The molecule has 1 amide bonds. The van der Waals surface area contributed by atoms with Crippen LogP contribution in [0.2, 0.25) is 0 Å². The topological polar surface area (TPSA) is 68.0 Å². The molecule has 1 atom stereocenters. The van der Waals surface area contributed by atoms with Crippen molar-refractivity contribution in [1.29, 1.82) is 0 Å². The molecule has 14 heavy (non-hydrogen) atoms. The number of carbonyl (C=O) groups excluding carboxylic acids is 1. The van der Waals surface area contributed by atoms with Crippen molar-refractivity contribution >= 4 is 11.7 Å². The third-order valence-corrected chi connectivity index (χ3v) is 1.92. The van der Waals surface area contributed by atoms with E-state index in [9.17, 15) is 4.79 Å². The van der Waals surface area contributed by atoms with Gasteiger partial charge in [-0.1, -0.05) is 13.0 Å². The normalized spacial score (nSPS) is 12.2. The molecule has 0 aliphatic heterocycles. The third-order valence-electron chi connectivity index (χ3n) is 1.92. The number of pyridine rings is 1. The zero-order valence-corrected chi connectivity index (χ0v) is 8.45. The van der Waals surface area contributed by atoms with Crippen molar-refractivity contribution in [3.8, 4) is 0 Å². The maximum absolute atomic E-state index is 11.4. The smallest absolute Gasteiger partial charge is 0.242 e. The lowest BCUT2D eigenvalue weighted by molar-refractivity contribution is -0.117. The minimum atomic E-state index is -0.461. The van der Waals surface area contributed by atoms with Gasteiger partial charge in [-0.2, -0.15) is 0 Å². The van der Waals surface area contributed by atoms with Crippen molar-refractivity contribution in [2.24, 2.45) is 5.73 Å². The van der Waals surface area contributed by atoms with Crippen molar-refractivity contribution in [3.05, 3.63) is 23.9 Å². The van der Waals surface area contributed by atoms with Crippen LogP contribution < -0.4 is 11.1 Å². The molecular weight excluding hydrogens is 178 g/mol. The molecule has 76 valence electrons. The molecule has 1 heterocycles. The number of rotatable bonds is 3. The predicted molar refractivity (Wildman–Crippen MR) is 55.9 cm³/mol. The Kier molecular flexibility index (Phi) is 3.59. The molecule has 0 saturated carbocycles. The summed E-state index contributed by atoms with van der Waals surface area (Å²) in [6.07, 6.45) is 0.623. The first-order chi connectivity index (χ1) is 6.63. The van der Waals surface area contributed by atoms with Gasteiger partial charge in [0, 0.05) is 5.69 Å². The summed E-state index contributed by atoms with van der Waals surface area (Å²) in [6.45, 7) is 3.74. The molecule has 1 aromatic rings. The molecule has 0 spiro atoms. The zero-order chi connectivity index (χ0) is 10.6. The Morgan fingerprint density at radius 1 is 1.64 bits per heavy atom. The largest absolute Gasteiger partial charge is 0.320 e. The summed E-state index contributed by atoms with van der Waals surface area (Å²) in [5.74, 6) is 0.365. The van der Waals surface area contributed by atoms with Crippen molar-refractivity contribution in [2.45, 2.75) is 26.3 Å². The second kappa shape index (κ2) is 4.72. The molecule has 0 aliphatic rings. The number of nitrogens with zero attached hydrogens (tertiary/aromatic N) is 1. The van der Waals surface area contributed by atoms with Crippen LogP contribution in [0.5, 0.6) is 0 Å². The minimum absolute atomic E-state index is 0.189. The van der Waals surface area contributed by atoms with Gasteiger partial charge < -0.3 is 11.1 Å². The van der Waals surface area contributed by atoms with Gasteiger partial charge >= 0.3 is 0 Å². The van der Waals surface area contributed by atoms with Crippen LogP contribution in [0.3, 0.4) is 0 Å². The van der Waals surface area contributed by atoms with E-state index >= 15 is 0 Å². The Balaban J connectivity index is 2.65. The maximum Gasteiger partial charge on any atom is 0.242 e. The van der Waals surface area contributed by atoms with Gasteiger partial charge in [0.15, 0.2) is 0 Å². The van der Waals surface area contributed by atoms with E-state index in [0.717, 1.165) is 5.69 Å². The fourth-order valence-corrected chi connectivity index (χ4v) is 1.02. The Bertz CT molecular complexity index is 325. The lowest BCUT2D eigenvalue weighted by Crippen LogP contribution is -2.35. The van der Waals surface area contributed by atoms with Gasteiger partial charge in [-0.05, 0) is 25.5 Å². The molecule has 1 rings (SSSR count). The van der Waals surface area contributed by atoms with E-state index < -0.39 is 6.04 Å².